The van der Waals surface area contributed by atoms with E-state index in [1.165, 1.54) is 16.0 Å². The molecule has 2 N–H and O–H groups in total. The van der Waals surface area contributed by atoms with Crippen molar-refractivity contribution in [1.82, 2.24) is 25.0 Å². The summed E-state index contributed by atoms with van der Waals surface area (Å²) in [6.07, 6.45) is 2.19. The van der Waals surface area contributed by atoms with E-state index in [0.29, 0.717) is 11.3 Å². The van der Waals surface area contributed by atoms with Crippen LogP contribution in [0.4, 0.5) is 5.82 Å². The minimum atomic E-state index is -0.560. The SMILES string of the molecule is Cc1sc2c(c1C)C(c1ccc(C#CC3CC4(C3)CN(c3ccc(C(N)=O)nn3)C4)cc1)=NC(C)c1nnc(C)n1-2. The van der Waals surface area contributed by atoms with Crippen LogP contribution in [0.3, 0.4) is 0 Å². The van der Waals surface area contributed by atoms with Gasteiger partial charge in [-0.05, 0) is 70.4 Å². The molecule has 3 aromatic heterocycles. The molecule has 1 aliphatic carbocycles. The van der Waals surface area contributed by atoms with E-state index in [9.17, 15) is 4.79 Å². The Morgan fingerprint density at radius 1 is 1.02 bits per heavy atom. The maximum atomic E-state index is 11.2. The monoisotopic (exact) mass is 562 g/mol. The van der Waals surface area contributed by atoms with Crippen LogP contribution in [0.5, 0.6) is 0 Å². The van der Waals surface area contributed by atoms with Crippen LogP contribution in [-0.4, -0.2) is 49.7 Å². The molecule has 1 saturated heterocycles. The normalized spacial score (nSPS) is 18.8. The fraction of sp³-hybridized carbons (Fsp3) is 0.355. The zero-order valence-electron chi connectivity index (χ0n) is 23.5. The standard InChI is InChI=1S/C31H30N8OS/c1-17-19(3)41-30-26(17)27(33-18(2)29-37-34-20(4)39(29)30)23-9-7-21(8-10-23)5-6-22-13-31(14-22)15-38(16-31)25-12-11-24(28(32)40)35-36-25/h7-12,18,22H,13-16H2,1-4H3,(H2,32,40). The second kappa shape index (κ2) is 9.35. The van der Waals surface area contributed by atoms with Crippen molar-refractivity contribution in [2.45, 2.75) is 46.6 Å². The zero-order chi connectivity index (χ0) is 28.5. The average Bonchev–Trinajstić information content (AvgIpc) is 3.40. The van der Waals surface area contributed by atoms with Crippen LogP contribution in [-0.2, 0) is 0 Å². The van der Waals surface area contributed by atoms with E-state index in [2.05, 4.69) is 86.7 Å². The first kappa shape index (κ1) is 25.6. The van der Waals surface area contributed by atoms with Crippen molar-refractivity contribution in [2.75, 3.05) is 18.0 Å². The van der Waals surface area contributed by atoms with Gasteiger partial charge in [0.05, 0.1) is 5.71 Å². The number of nitrogens with two attached hydrogens (primary N) is 1. The second-order valence-electron chi connectivity index (χ2n) is 11.5. The van der Waals surface area contributed by atoms with E-state index in [1.54, 1.807) is 17.4 Å². The molecule has 3 aliphatic rings. The fourth-order valence-electron chi connectivity index (χ4n) is 6.27. The quantitative estimate of drug-likeness (QED) is 0.372. The van der Waals surface area contributed by atoms with Gasteiger partial charge in [0.15, 0.2) is 17.3 Å². The number of benzene rings is 1. The number of primary amides is 1. The van der Waals surface area contributed by atoms with Gasteiger partial charge in [0, 0.05) is 46.0 Å². The Morgan fingerprint density at radius 2 is 1.78 bits per heavy atom. The predicted octanol–water partition coefficient (Wildman–Crippen LogP) is 4.32. The smallest absolute Gasteiger partial charge is 0.269 e. The van der Waals surface area contributed by atoms with Gasteiger partial charge in [0.25, 0.3) is 5.91 Å². The molecule has 1 atom stereocenters. The Bertz CT molecular complexity index is 1770. The number of fused-ring (bicyclic) bond motifs is 3. The lowest BCUT2D eigenvalue weighted by molar-refractivity contribution is 0.0521. The fourth-order valence-corrected chi connectivity index (χ4v) is 7.49. The van der Waals surface area contributed by atoms with Crippen LogP contribution < -0.4 is 10.6 Å². The molecule has 10 heteroatoms. The Labute approximate surface area is 242 Å². The first-order valence-electron chi connectivity index (χ1n) is 13.8. The van der Waals surface area contributed by atoms with E-state index in [4.69, 9.17) is 10.7 Å². The van der Waals surface area contributed by atoms with Gasteiger partial charge in [-0.2, -0.15) is 0 Å². The highest BCUT2D eigenvalue weighted by molar-refractivity contribution is 7.15. The Kier molecular flexibility index (Phi) is 5.84. The average molecular weight is 563 g/mol. The number of hydrogen-bond donors (Lipinski definition) is 1. The number of aliphatic imine (C=N–C) groups is 1. The first-order valence-corrected chi connectivity index (χ1v) is 14.6. The molecular formula is C31H30N8OS. The topological polar surface area (TPSA) is 115 Å². The molecule has 1 unspecified atom stereocenters. The van der Waals surface area contributed by atoms with Crippen LogP contribution in [0.1, 0.15) is 75.1 Å². The van der Waals surface area contributed by atoms with Crippen LogP contribution in [0, 0.1) is 43.9 Å². The number of hydrogen-bond acceptors (Lipinski definition) is 8. The lowest BCUT2D eigenvalue weighted by atomic mass is 9.58. The molecule has 1 saturated carbocycles. The van der Waals surface area contributed by atoms with Gasteiger partial charge in [0.1, 0.15) is 16.9 Å². The van der Waals surface area contributed by atoms with E-state index < -0.39 is 5.91 Å². The molecule has 0 bridgehead atoms. The number of rotatable bonds is 3. The lowest BCUT2D eigenvalue weighted by Crippen LogP contribution is -2.62. The van der Waals surface area contributed by atoms with Crippen molar-refractivity contribution in [2.24, 2.45) is 22.1 Å². The zero-order valence-corrected chi connectivity index (χ0v) is 24.3. The molecule has 2 fully saturated rings. The van der Waals surface area contributed by atoms with Crippen LogP contribution >= 0.6 is 11.3 Å². The van der Waals surface area contributed by atoms with Gasteiger partial charge in [0.2, 0.25) is 0 Å². The highest BCUT2D eigenvalue weighted by atomic mass is 32.1. The molecule has 5 heterocycles. The Hall–Kier alpha value is -4.36. The molecule has 7 rings (SSSR count). The maximum absolute atomic E-state index is 11.2. The second-order valence-corrected chi connectivity index (χ2v) is 12.7. The third kappa shape index (κ3) is 4.23. The molecule has 2 aliphatic heterocycles. The van der Waals surface area contributed by atoms with Crippen molar-refractivity contribution in [3.05, 3.63) is 80.9 Å². The van der Waals surface area contributed by atoms with E-state index in [-0.39, 0.29) is 11.7 Å². The summed E-state index contributed by atoms with van der Waals surface area (Å²) in [5, 5.41) is 18.0. The molecular weight excluding hydrogens is 532 g/mol. The van der Waals surface area contributed by atoms with Gasteiger partial charge in [-0.1, -0.05) is 24.0 Å². The third-order valence-corrected chi connectivity index (χ3v) is 9.76. The number of carbonyl (C=O) groups excluding carboxylic acids is 1. The molecule has 206 valence electrons. The van der Waals surface area contributed by atoms with Crippen molar-refractivity contribution >= 4 is 28.8 Å². The van der Waals surface area contributed by atoms with Crippen molar-refractivity contribution in [3.8, 4) is 16.8 Å². The largest absolute Gasteiger partial charge is 0.364 e. The molecule has 1 aromatic carbocycles. The summed E-state index contributed by atoms with van der Waals surface area (Å²) in [6.45, 7) is 10.3. The van der Waals surface area contributed by atoms with Crippen LogP contribution in [0.2, 0.25) is 0 Å². The molecule has 9 nitrogen and oxygen atoms in total. The number of anilines is 1. The van der Waals surface area contributed by atoms with Crippen LogP contribution in [0.25, 0.3) is 5.00 Å². The molecule has 1 amide bonds. The van der Waals surface area contributed by atoms with Gasteiger partial charge in [-0.15, -0.1) is 31.7 Å². The third-order valence-electron chi connectivity index (χ3n) is 8.57. The Balaban J connectivity index is 1.04. The summed E-state index contributed by atoms with van der Waals surface area (Å²) in [5.41, 5.74) is 11.3. The predicted molar refractivity (Wildman–Crippen MR) is 159 cm³/mol. The van der Waals surface area contributed by atoms with Crippen molar-refractivity contribution in [1.29, 1.82) is 0 Å². The number of aromatic nitrogens is 5. The van der Waals surface area contributed by atoms with Gasteiger partial charge >= 0.3 is 0 Å². The lowest BCUT2D eigenvalue weighted by Gasteiger charge is -2.58. The molecule has 0 radical (unpaired) electrons. The summed E-state index contributed by atoms with van der Waals surface area (Å²) in [7, 11) is 0. The van der Waals surface area contributed by atoms with E-state index in [0.717, 1.165) is 65.2 Å². The van der Waals surface area contributed by atoms with Crippen molar-refractivity contribution in [3.63, 3.8) is 0 Å². The highest BCUT2D eigenvalue weighted by Gasteiger charge is 2.52. The number of carbonyl (C=O) groups is 1. The van der Waals surface area contributed by atoms with E-state index in [1.807, 2.05) is 13.0 Å². The van der Waals surface area contributed by atoms with Gasteiger partial charge in [-0.3, -0.25) is 14.4 Å². The Morgan fingerprint density at radius 3 is 2.46 bits per heavy atom. The number of thiophene rings is 1. The van der Waals surface area contributed by atoms with Gasteiger partial charge in [-0.25, -0.2) is 0 Å². The highest BCUT2D eigenvalue weighted by Crippen LogP contribution is 2.52. The minimum absolute atomic E-state index is 0.0973. The van der Waals surface area contributed by atoms with Crippen molar-refractivity contribution < 1.29 is 4.79 Å². The summed E-state index contributed by atoms with van der Waals surface area (Å²) in [5.74, 6) is 9.31. The van der Waals surface area contributed by atoms with E-state index >= 15 is 0 Å². The maximum Gasteiger partial charge on any atom is 0.269 e. The summed E-state index contributed by atoms with van der Waals surface area (Å²) >= 11 is 1.78. The number of nitrogens with zero attached hydrogens (tertiary/aromatic N) is 7. The van der Waals surface area contributed by atoms with Gasteiger partial charge < -0.3 is 10.6 Å². The first-order chi connectivity index (χ1) is 19.7. The molecule has 1 spiro atoms. The summed E-state index contributed by atoms with van der Waals surface area (Å²) in [4.78, 5) is 19.8. The number of amides is 1. The molecule has 4 aromatic rings. The summed E-state index contributed by atoms with van der Waals surface area (Å²) < 4.78 is 2.17. The van der Waals surface area contributed by atoms with Crippen LogP contribution in [0.15, 0.2) is 41.4 Å². The minimum Gasteiger partial charge on any atom is -0.364 e. The molecule has 41 heavy (non-hydrogen) atoms. The summed E-state index contributed by atoms with van der Waals surface area (Å²) in [6, 6.07) is 11.8. The number of aryl methyl sites for hydroxylation is 2.